The van der Waals surface area contributed by atoms with E-state index in [1.807, 2.05) is 85.8 Å². The zero-order chi connectivity index (χ0) is 24.9. The molecule has 0 aliphatic carbocycles. The molecule has 1 N–H and O–H groups in total. The van der Waals surface area contributed by atoms with Gasteiger partial charge in [-0.3, -0.25) is 14.5 Å². The number of anilines is 2. The van der Waals surface area contributed by atoms with E-state index < -0.39 is 17.7 Å². The second kappa shape index (κ2) is 10.6. The Morgan fingerprint density at radius 1 is 0.943 bits per heavy atom. The van der Waals surface area contributed by atoms with Gasteiger partial charge >= 0.3 is 0 Å². The van der Waals surface area contributed by atoms with Gasteiger partial charge in [-0.25, -0.2) is 0 Å². The monoisotopic (exact) mass is 468 g/mol. The van der Waals surface area contributed by atoms with Crippen LogP contribution in [0.25, 0.3) is 0 Å². The number of rotatable bonds is 9. The van der Waals surface area contributed by atoms with E-state index in [2.05, 4.69) is 18.7 Å². The van der Waals surface area contributed by atoms with Gasteiger partial charge in [-0.05, 0) is 62.6 Å². The van der Waals surface area contributed by atoms with Crippen molar-refractivity contribution >= 4 is 23.1 Å². The molecular weight excluding hydrogens is 436 g/mol. The Kier molecular flexibility index (Phi) is 7.35. The molecule has 1 aliphatic rings. The average Bonchev–Trinajstić information content (AvgIpc) is 3.15. The maximum Gasteiger partial charge on any atom is 0.294 e. The number of Topliss-reactive ketones (excluding diaryl/α,β-unsaturated/α-hetero) is 1. The normalized spacial score (nSPS) is 15.6. The molecule has 35 heavy (non-hydrogen) atoms. The Morgan fingerprint density at radius 3 is 2.26 bits per heavy atom. The highest BCUT2D eigenvalue weighted by molar-refractivity contribution is 6.16. The van der Waals surface area contributed by atoms with Crippen LogP contribution in [0, 0.1) is 6.92 Å². The van der Waals surface area contributed by atoms with Crippen LogP contribution in [0.4, 0.5) is 11.4 Å². The summed E-state index contributed by atoms with van der Waals surface area (Å²) in [6.07, 6.45) is 0.761. The fourth-order valence-corrected chi connectivity index (χ4v) is 4.76. The summed E-state index contributed by atoms with van der Waals surface area (Å²) in [5, 5.41) is 10.9. The van der Waals surface area contributed by atoms with Crippen LogP contribution in [0.1, 0.15) is 43.0 Å². The molecule has 0 saturated carbocycles. The molecule has 3 aromatic rings. The Labute approximate surface area is 207 Å². The van der Waals surface area contributed by atoms with E-state index in [1.54, 1.807) is 4.90 Å². The number of ketones is 1. The number of amides is 1. The third-order valence-electron chi connectivity index (χ3n) is 6.61. The number of aryl methyl sites for hydroxylation is 2. The SMILES string of the molecule is CCN(CC)c1ccc(N2C(=O)C(O)=C(C(=O)CCc3ccccc3)C2c2cccc(C)c2)cc1. The summed E-state index contributed by atoms with van der Waals surface area (Å²) in [5.74, 6) is -1.22. The van der Waals surface area contributed by atoms with Gasteiger partial charge in [0.15, 0.2) is 11.5 Å². The molecule has 0 aromatic heterocycles. The Hall–Kier alpha value is -3.86. The van der Waals surface area contributed by atoms with Crippen molar-refractivity contribution in [2.24, 2.45) is 0 Å². The van der Waals surface area contributed by atoms with E-state index in [9.17, 15) is 14.7 Å². The largest absolute Gasteiger partial charge is 0.503 e. The van der Waals surface area contributed by atoms with Crippen molar-refractivity contribution in [1.82, 2.24) is 0 Å². The Morgan fingerprint density at radius 2 is 1.63 bits per heavy atom. The van der Waals surface area contributed by atoms with Gasteiger partial charge in [0.2, 0.25) is 0 Å². The minimum Gasteiger partial charge on any atom is -0.503 e. The van der Waals surface area contributed by atoms with Crippen LogP contribution in [0.15, 0.2) is 90.2 Å². The minimum absolute atomic E-state index is 0.171. The van der Waals surface area contributed by atoms with Crippen molar-refractivity contribution in [1.29, 1.82) is 0 Å². The predicted octanol–water partition coefficient (Wildman–Crippen LogP) is 5.94. The van der Waals surface area contributed by atoms with Crippen molar-refractivity contribution < 1.29 is 14.7 Å². The van der Waals surface area contributed by atoms with Gasteiger partial charge in [0.05, 0.1) is 11.6 Å². The van der Waals surface area contributed by atoms with Crippen LogP contribution in [0.2, 0.25) is 0 Å². The maximum atomic E-state index is 13.4. The quantitative estimate of drug-likeness (QED) is 0.422. The fourth-order valence-electron chi connectivity index (χ4n) is 4.76. The lowest BCUT2D eigenvalue weighted by Crippen LogP contribution is -2.31. The fraction of sp³-hybridized carbons (Fsp3) is 0.267. The Bertz CT molecular complexity index is 1230. The number of aliphatic hydroxyl groups is 1. The molecule has 1 heterocycles. The van der Waals surface area contributed by atoms with Crippen LogP contribution < -0.4 is 9.80 Å². The topological polar surface area (TPSA) is 60.9 Å². The zero-order valence-corrected chi connectivity index (χ0v) is 20.6. The molecule has 180 valence electrons. The highest BCUT2D eigenvalue weighted by Crippen LogP contribution is 2.42. The number of nitrogens with zero attached hydrogens (tertiary/aromatic N) is 2. The number of benzene rings is 3. The van der Waals surface area contributed by atoms with E-state index in [0.717, 1.165) is 35.5 Å². The first-order valence-corrected chi connectivity index (χ1v) is 12.2. The molecule has 5 heteroatoms. The van der Waals surface area contributed by atoms with Crippen molar-refractivity contribution in [3.63, 3.8) is 0 Å². The van der Waals surface area contributed by atoms with Gasteiger partial charge in [-0.15, -0.1) is 0 Å². The van der Waals surface area contributed by atoms with E-state index >= 15 is 0 Å². The second-order valence-corrected chi connectivity index (χ2v) is 8.85. The van der Waals surface area contributed by atoms with Crippen LogP contribution >= 0.6 is 0 Å². The molecule has 0 radical (unpaired) electrons. The van der Waals surface area contributed by atoms with Gasteiger partial charge in [-0.1, -0.05) is 60.2 Å². The van der Waals surface area contributed by atoms with E-state index in [1.165, 1.54) is 0 Å². The summed E-state index contributed by atoms with van der Waals surface area (Å²) < 4.78 is 0. The van der Waals surface area contributed by atoms with E-state index in [0.29, 0.717) is 12.1 Å². The lowest BCUT2D eigenvalue weighted by Gasteiger charge is -2.28. The molecular formula is C30H32N2O3. The van der Waals surface area contributed by atoms with Crippen LogP contribution in [0.5, 0.6) is 0 Å². The number of hydrogen-bond donors (Lipinski definition) is 1. The third kappa shape index (κ3) is 4.99. The molecule has 1 unspecified atom stereocenters. The number of aliphatic hydroxyl groups excluding tert-OH is 1. The van der Waals surface area contributed by atoms with E-state index in [-0.39, 0.29) is 17.8 Å². The van der Waals surface area contributed by atoms with Crippen LogP contribution in [-0.4, -0.2) is 29.9 Å². The zero-order valence-electron chi connectivity index (χ0n) is 20.6. The van der Waals surface area contributed by atoms with Gasteiger partial charge < -0.3 is 10.0 Å². The van der Waals surface area contributed by atoms with Crippen LogP contribution in [0.3, 0.4) is 0 Å². The minimum atomic E-state index is -0.676. The molecule has 0 fully saturated rings. The number of carbonyl (C=O) groups is 2. The predicted molar refractivity (Wildman–Crippen MR) is 141 cm³/mol. The van der Waals surface area contributed by atoms with Crippen molar-refractivity contribution in [3.8, 4) is 0 Å². The standard InChI is InChI=1S/C30H32N2O3/c1-4-31(5-2)24-15-17-25(18-16-24)32-28(23-13-9-10-21(3)20-23)27(29(34)30(32)35)26(33)19-14-22-11-7-6-8-12-22/h6-13,15-18,20,28,34H,4-5,14,19H2,1-3H3. The lowest BCUT2D eigenvalue weighted by atomic mass is 9.92. The Balaban J connectivity index is 1.70. The first-order valence-electron chi connectivity index (χ1n) is 12.2. The summed E-state index contributed by atoms with van der Waals surface area (Å²) in [6.45, 7) is 7.94. The highest BCUT2D eigenvalue weighted by Gasteiger charge is 2.44. The molecule has 0 spiro atoms. The molecule has 4 rings (SSSR count). The molecule has 5 nitrogen and oxygen atoms in total. The van der Waals surface area contributed by atoms with Crippen molar-refractivity contribution in [2.45, 2.75) is 39.7 Å². The highest BCUT2D eigenvalue weighted by atomic mass is 16.3. The number of carbonyl (C=O) groups excluding carboxylic acids is 2. The van der Waals surface area contributed by atoms with Crippen LogP contribution in [-0.2, 0) is 16.0 Å². The molecule has 1 atom stereocenters. The van der Waals surface area contributed by atoms with Gasteiger partial charge in [0.1, 0.15) is 0 Å². The summed E-state index contributed by atoms with van der Waals surface area (Å²) in [6, 6.07) is 24.6. The first-order chi connectivity index (χ1) is 16.9. The second-order valence-electron chi connectivity index (χ2n) is 8.85. The summed E-state index contributed by atoms with van der Waals surface area (Å²) >= 11 is 0. The van der Waals surface area contributed by atoms with Gasteiger partial charge in [0, 0.05) is 30.9 Å². The molecule has 0 bridgehead atoms. The summed E-state index contributed by atoms with van der Waals surface area (Å²) in [5.41, 5.74) is 4.75. The summed E-state index contributed by atoms with van der Waals surface area (Å²) in [7, 11) is 0. The van der Waals surface area contributed by atoms with E-state index in [4.69, 9.17) is 0 Å². The van der Waals surface area contributed by atoms with Gasteiger partial charge in [0.25, 0.3) is 5.91 Å². The smallest absolute Gasteiger partial charge is 0.294 e. The molecule has 1 amide bonds. The maximum absolute atomic E-state index is 13.4. The lowest BCUT2D eigenvalue weighted by molar-refractivity contribution is -0.118. The summed E-state index contributed by atoms with van der Waals surface area (Å²) in [4.78, 5) is 30.6. The number of hydrogen-bond acceptors (Lipinski definition) is 4. The molecule has 3 aromatic carbocycles. The molecule has 1 aliphatic heterocycles. The third-order valence-corrected chi connectivity index (χ3v) is 6.61. The molecule has 0 saturated heterocycles. The first kappa shape index (κ1) is 24.3. The average molecular weight is 469 g/mol. The van der Waals surface area contributed by atoms with Crippen molar-refractivity contribution in [3.05, 3.63) is 107 Å². The van der Waals surface area contributed by atoms with Crippen molar-refractivity contribution in [2.75, 3.05) is 22.9 Å². The van der Waals surface area contributed by atoms with Gasteiger partial charge in [-0.2, -0.15) is 0 Å².